The Morgan fingerprint density at radius 3 is 2.35 bits per heavy atom. The first kappa shape index (κ1) is 13.8. The SMILES string of the molecule is CC1(C)OB(c2cccc3c2CCC(=O)C3)OC1(C)C. The Morgan fingerprint density at radius 1 is 1.05 bits per heavy atom. The van der Waals surface area contributed by atoms with E-state index in [9.17, 15) is 4.79 Å². The Morgan fingerprint density at radius 2 is 1.70 bits per heavy atom. The fraction of sp³-hybridized carbons (Fsp3) is 0.562. The lowest BCUT2D eigenvalue weighted by Gasteiger charge is -2.32. The molecule has 0 N–H and O–H groups in total. The van der Waals surface area contributed by atoms with Crippen molar-refractivity contribution in [3.05, 3.63) is 29.3 Å². The average molecular weight is 272 g/mol. The van der Waals surface area contributed by atoms with E-state index >= 15 is 0 Å². The van der Waals surface area contributed by atoms with E-state index in [0.29, 0.717) is 18.6 Å². The van der Waals surface area contributed by atoms with E-state index < -0.39 is 0 Å². The third-order valence-electron chi connectivity index (χ3n) is 4.86. The molecule has 0 unspecified atom stereocenters. The molecule has 20 heavy (non-hydrogen) atoms. The number of hydrogen-bond acceptors (Lipinski definition) is 3. The van der Waals surface area contributed by atoms with Crippen molar-refractivity contribution in [2.75, 3.05) is 0 Å². The fourth-order valence-corrected chi connectivity index (χ4v) is 2.88. The van der Waals surface area contributed by atoms with Gasteiger partial charge in [0.05, 0.1) is 11.2 Å². The van der Waals surface area contributed by atoms with Crippen LogP contribution in [0.1, 0.15) is 45.2 Å². The van der Waals surface area contributed by atoms with Crippen molar-refractivity contribution in [1.82, 2.24) is 0 Å². The van der Waals surface area contributed by atoms with Crippen molar-refractivity contribution in [3.63, 3.8) is 0 Å². The summed E-state index contributed by atoms with van der Waals surface area (Å²) in [4.78, 5) is 11.6. The van der Waals surface area contributed by atoms with Gasteiger partial charge < -0.3 is 9.31 Å². The molecule has 2 aliphatic rings. The van der Waals surface area contributed by atoms with Crippen LogP contribution in [0.2, 0.25) is 0 Å². The molecule has 1 saturated heterocycles. The van der Waals surface area contributed by atoms with Crippen LogP contribution in [0.5, 0.6) is 0 Å². The lowest BCUT2D eigenvalue weighted by Crippen LogP contribution is -2.41. The summed E-state index contributed by atoms with van der Waals surface area (Å²) in [6, 6.07) is 6.11. The Labute approximate surface area is 120 Å². The van der Waals surface area contributed by atoms with Crippen LogP contribution in [-0.2, 0) is 26.9 Å². The van der Waals surface area contributed by atoms with Gasteiger partial charge in [-0.2, -0.15) is 0 Å². The minimum Gasteiger partial charge on any atom is -0.399 e. The number of benzene rings is 1. The molecule has 0 bridgehead atoms. The Balaban J connectivity index is 1.97. The third-order valence-corrected chi connectivity index (χ3v) is 4.86. The average Bonchev–Trinajstić information content (AvgIpc) is 2.57. The van der Waals surface area contributed by atoms with Gasteiger partial charge in [0, 0.05) is 12.8 Å². The Hall–Kier alpha value is -1.13. The molecule has 0 radical (unpaired) electrons. The van der Waals surface area contributed by atoms with E-state index in [0.717, 1.165) is 17.4 Å². The first-order valence-corrected chi connectivity index (χ1v) is 7.28. The minimum atomic E-state index is -0.330. The highest BCUT2D eigenvalue weighted by Gasteiger charge is 2.52. The predicted octanol–water partition coefficient (Wildman–Crippen LogP) is 2.04. The van der Waals surface area contributed by atoms with E-state index in [4.69, 9.17) is 9.31 Å². The van der Waals surface area contributed by atoms with Gasteiger partial charge in [0.2, 0.25) is 0 Å². The second kappa shape index (κ2) is 4.44. The number of fused-ring (bicyclic) bond motifs is 1. The zero-order chi connectivity index (χ0) is 14.5. The molecule has 1 fully saturated rings. The zero-order valence-electron chi connectivity index (χ0n) is 12.7. The van der Waals surface area contributed by atoms with Crippen molar-refractivity contribution in [2.24, 2.45) is 0 Å². The summed E-state index contributed by atoms with van der Waals surface area (Å²) in [7, 11) is -0.330. The molecule has 0 spiro atoms. The van der Waals surface area contributed by atoms with Gasteiger partial charge in [-0.15, -0.1) is 0 Å². The van der Waals surface area contributed by atoms with E-state index in [1.807, 2.05) is 12.1 Å². The van der Waals surface area contributed by atoms with E-state index in [2.05, 4.69) is 33.8 Å². The highest BCUT2D eigenvalue weighted by molar-refractivity contribution is 6.62. The Bertz CT molecular complexity index is 547. The molecule has 0 saturated carbocycles. The summed E-state index contributed by atoms with van der Waals surface area (Å²) < 4.78 is 12.3. The van der Waals surface area contributed by atoms with Gasteiger partial charge in [-0.3, -0.25) is 4.79 Å². The van der Waals surface area contributed by atoms with E-state index in [-0.39, 0.29) is 18.3 Å². The highest BCUT2D eigenvalue weighted by atomic mass is 16.7. The van der Waals surface area contributed by atoms with E-state index in [1.165, 1.54) is 5.56 Å². The van der Waals surface area contributed by atoms with Crippen molar-refractivity contribution >= 4 is 18.4 Å². The molecule has 106 valence electrons. The quantitative estimate of drug-likeness (QED) is 0.734. The molecular formula is C16H21BO3. The lowest BCUT2D eigenvalue weighted by molar-refractivity contribution is -0.118. The lowest BCUT2D eigenvalue weighted by atomic mass is 9.71. The maximum absolute atomic E-state index is 11.6. The highest BCUT2D eigenvalue weighted by Crippen LogP contribution is 2.37. The minimum absolute atomic E-state index is 0.323. The molecule has 1 heterocycles. The predicted molar refractivity (Wildman–Crippen MR) is 79.2 cm³/mol. The van der Waals surface area contributed by atoms with Crippen LogP contribution in [0.3, 0.4) is 0 Å². The summed E-state index contributed by atoms with van der Waals surface area (Å²) >= 11 is 0. The first-order valence-electron chi connectivity index (χ1n) is 7.28. The fourth-order valence-electron chi connectivity index (χ4n) is 2.88. The molecule has 3 nitrogen and oxygen atoms in total. The molecule has 0 amide bonds. The van der Waals surface area contributed by atoms with Crippen LogP contribution in [0.25, 0.3) is 0 Å². The van der Waals surface area contributed by atoms with Gasteiger partial charge >= 0.3 is 7.12 Å². The third kappa shape index (κ3) is 2.11. The van der Waals surface area contributed by atoms with Crippen molar-refractivity contribution < 1.29 is 14.1 Å². The maximum atomic E-state index is 11.6. The maximum Gasteiger partial charge on any atom is 0.495 e. The van der Waals surface area contributed by atoms with Gasteiger partial charge in [-0.25, -0.2) is 0 Å². The topological polar surface area (TPSA) is 35.5 Å². The van der Waals surface area contributed by atoms with Gasteiger partial charge in [-0.1, -0.05) is 18.2 Å². The molecular weight excluding hydrogens is 251 g/mol. The molecule has 0 aromatic heterocycles. The normalized spacial score (nSPS) is 23.8. The number of carbonyl (C=O) groups excluding carboxylic acids is 1. The number of Topliss-reactive ketones (excluding diaryl/α,β-unsaturated/α-hetero) is 1. The van der Waals surface area contributed by atoms with Gasteiger partial charge in [0.25, 0.3) is 0 Å². The number of ketones is 1. The van der Waals surface area contributed by atoms with Crippen LogP contribution in [0, 0.1) is 0 Å². The number of rotatable bonds is 1. The first-order chi connectivity index (χ1) is 9.30. The standard InChI is InChI=1S/C16H21BO3/c1-15(2)16(3,4)20-17(19-15)14-7-5-6-11-10-12(18)8-9-13(11)14/h5-7H,8-10H2,1-4H3. The van der Waals surface area contributed by atoms with E-state index in [1.54, 1.807) is 0 Å². The second-order valence-corrected chi connectivity index (χ2v) is 6.79. The molecule has 0 atom stereocenters. The monoisotopic (exact) mass is 272 g/mol. The van der Waals surface area contributed by atoms with Crippen LogP contribution < -0.4 is 5.46 Å². The number of carbonyl (C=O) groups is 1. The van der Waals surface area contributed by atoms with Crippen molar-refractivity contribution in [3.8, 4) is 0 Å². The summed E-state index contributed by atoms with van der Waals surface area (Å²) in [6.07, 6.45) is 1.97. The zero-order valence-corrected chi connectivity index (χ0v) is 12.7. The van der Waals surface area contributed by atoms with Gasteiger partial charge in [0.15, 0.2) is 0 Å². The molecule has 1 aromatic rings. The van der Waals surface area contributed by atoms with Gasteiger partial charge in [0.1, 0.15) is 5.78 Å². The van der Waals surface area contributed by atoms with Crippen LogP contribution in [0.15, 0.2) is 18.2 Å². The smallest absolute Gasteiger partial charge is 0.399 e. The Kier molecular flexibility index (Phi) is 3.07. The van der Waals surface area contributed by atoms with Crippen LogP contribution in [-0.4, -0.2) is 24.1 Å². The molecule has 4 heteroatoms. The molecule has 1 aromatic carbocycles. The molecule has 3 rings (SSSR count). The summed E-state index contributed by atoms with van der Waals surface area (Å²) in [6.45, 7) is 8.25. The van der Waals surface area contributed by atoms with Crippen LogP contribution >= 0.6 is 0 Å². The van der Waals surface area contributed by atoms with Crippen molar-refractivity contribution in [1.29, 1.82) is 0 Å². The van der Waals surface area contributed by atoms with Crippen LogP contribution in [0.4, 0.5) is 0 Å². The number of hydrogen-bond donors (Lipinski definition) is 0. The largest absolute Gasteiger partial charge is 0.495 e. The molecule has 1 aliphatic heterocycles. The van der Waals surface area contributed by atoms with Gasteiger partial charge in [-0.05, 0) is 50.7 Å². The summed E-state index contributed by atoms with van der Waals surface area (Å²) in [5.41, 5.74) is 2.81. The summed E-state index contributed by atoms with van der Waals surface area (Å²) in [5, 5.41) is 0. The second-order valence-electron chi connectivity index (χ2n) is 6.79. The van der Waals surface area contributed by atoms with Crippen molar-refractivity contribution in [2.45, 2.75) is 58.2 Å². The summed E-state index contributed by atoms with van der Waals surface area (Å²) in [5.74, 6) is 0.323. The molecule has 1 aliphatic carbocycles.